The molecular weight excluding hydrogens is 282 g/mol. The first-order valence-corrected chi connectivity index (χ1v) is 8.53. The molecule has 2 heterocycles. The Morgan fingerprint density at radius 1 is 1.32 bits per heavy atom. The molecule has 0 aliphatic carbocycles. The number of rotatable bonds is 5. The maximum atomic E-state index is 12.6. The van der Waals surface area contributed by atoms with E-state index in [1.54, 1.807) is 4.90 Å². The molecule has 0 bridgehead atoms. The van der Waals surface area contributed by atoms with E-state index in [-0.39, 0.29) is 23.7 Å². The summed E-state index contributed by atoms with van der Waals surface area (Å²) in [6.45, 7) is 5.33. The van der Waals surface area contributed by atoms with Crippen LogP contribution in [0.4, 0.5) is 0 Å². The molecule has 2 aliphatic rings. The number of nitrogens with one attached hydrogen (secondary N) is 1. The number of ether oxygens (including phenoxy) is 1. The zero-order valence-electron chi connectivity index (χ0n) is 13.6. The van der Waals surface area contributed by atoms with Crippen LogP contribution < -0.4 is 11.1 Å². The minimum absolute atomic E-state index is 0.000100. The fourth-order valence-corrected chi connectivity index (χ4v) is 3.27. The summed E-state index contributed by atoms with van der Waals surface area (Å²) < 4.78 is 5.33. The summed E-state index contributed by atoms with van der Waals surface area (Å²) in [5.41, 5.74) is 6.18. The minimum Gasteiger partial charge on any atom is -0.381 e. The van der Waals surface area contributed by atoms with Gasteiger partial charge in [0.05, 0.1) is 12.0 Å². The molecule has 2 saturated heterocycles. The predicted molar refractivity (Wildman–Crippen MR) is 84.1 cm³/mol. The summed E-state index contributed by atoms with van der Waals surface area (Å²) >= 11 is 0. The van der Waals surface area contributed by atoms with Gasteiger partial charge in [-0.15, -0.1) is 0 Å². The van der Waals surface area contributed by atoms with Crippen molar-refractivity contribution in [2.45, 2.75) is 45.1 Å². The number of carbonyl (C=O) groups excluding carboxylic acids is 2. The maximum Gasteiger partial charge on any atom is 0.239 e. The number of piperidine rings is 1. The van der Waals surface area contributed by atoms with Gasteiger partial charge in [0, 0.05) is 32.8 Å². The second kappa shape index (κ2) is 8.48. The molecule has 3 N–H and O–H groups in total. The van der Waals surface area contributed by atoms with Crippen LogP contribution in [0.5, 0.6) is 0 Å². The van der Waals surface area contributed by atoms with Crippen LogP contribution in [0.25, 0.3) is 0 Å². The highest BCUT2D eigenvalue weighted by atomic mass is 16.5. The first-order chi connectivity index (χ1) is 10.6. The van der Waals surface area contributed by atoms with Gasteiger partial charge in [-0.3, -0.25) is 9.59 Å². The Bertz CT molecular complexity index is 383. The van der Waals surface area contributed by atoms with Gasteiger partial charge in [0.1, 0.15) is 0 Å². The van der Waals surface area contributed by atoms with Crippen molar-refractivity contribution in [3.63, 3.8) is 0 Å². The van der Waals surface area contributed by atoms with Crippen molar-refractivity contribution in [1.82, 2.24) is 10.2 Å². The highest BCUT2D eigenvalue weighted by molar-refractivity contribution is 5.84. The number of nitrogens with zero attached hydrogens (tertiary/aromatic N) is 1. The van der Waals surface area contributed by atoms with Gasteiger partial charge in [-0.25, -0.2) is 0 Å². The van der Waals surface area contributed by atoms with Crippen molar-refractivity contribution < 1.29 is 14.3 Å². The van der Waals surface area contributed by atoms with Crippen LogP contribution in [-0.4, -0.2) is 55.6 Å². The van der Waals surface area contributed by atoms with Gasteiger partial charge in [0.25, 0.3) is 0 Å². The third-order valence-corrected chi connectivity index (χ3v) is 4.71. The minimum atomic E-state index is -0.457. The summed E-state index contributed by atoms with van der Waals surface area (Å²) in [6, 6.07) is -0.457. The Hall–Kier alpha value is -1.14. The molecule has 2 aliphatic heterocycles. The molecule has 22 heavy (non-hydrogen) atoms. The first-order valence-electron chi connectivity index (χ1n) is 8.53. The largest absolute Gasteiger partial charge is 0.381 e. The molecule has 2 fully saturated rings. The van der Waals surface area contributed by atoms with E-state index in [0.29, 0.717) is 32.8 Å². The Kier molecular flexibility index (Phi) is 6.64. The number of nitrogens with two attached hydrogens (primary N) is 1. The summed E-state index contributed by atoms with van der Waals surface area (Å²) in [5, 5.41) is 2.93. The summed E-state index contributed by atoms with van der Waals surface area (Å²) in [6.07, 6.45) is 4.35. The lowest BCUT2D eigenvalue weighted by Crippen LogP contribution is -2.53. The number of carbonyl (C=O) groups is 2. The summed E-state index contributed by atoms with van der Waals surface area (Å²) in [5.74, 6) is 0.181. The fraction of sp³-hybridized carbons (Fsp3) is 0.875. The van der Waals surface area contributed by atoms with Gasteiger partial charge in [-0.1, -0.05) is 6.92 Å². The Morgan fingerprint density at radius 3 is 2.73 bits per heavy atom. The molecule has 2 rings (SSSR count). The average Bonchev–Trinajstić information content (AvgIpc) is 2.59. The second-order valence-electron chi connectivity index (χ2n) is 6.39. The molecule has 6 heteroatoms. The van der Waals surface area contributed by atoms with Crippen LogP contribution in [0.1, 0.15) is 39.0 Å². The van der Waals surface area contributed by atoms with Crippen molar-refractivity contribution >= 4 is 11.8 Å². The van der Waals surface area contributed by atoms with E-state index >= 15 is 0 Å². The summed E-state index contributed by atoms with van der Waals surface area (Å²) in [4.78, 5) is 26.5. The molecule has 0 aromatic carbocycles. The lowest BCUT2D eigenvalue weighted by molar-refractivity contribution is -0.138. The lowest BCUT2D eigenvalue weighted by Gasteiger charge is -2.36. The van der Waals surface area contributed by atoms with Gasteiger partial charge >= 0.3 is 0 Å². The van der Waals surface area contributed by atoms with Crippen molar-refractivity contribution in [2.75, 3.05) is 32.8 Å². The van der Waals surface area contributed by atoms with Crippen LogP contribution in [0, 0.1) is 11.8 Å². The van der Waals surface area contributed by atoms with Crippen LogP contribution >= 0.6 is 0 Å². The molecule has 2 amide bonds. The monoisotopic (exact) mass is 311 g/mol. The van der Waals surface area contributed by atoms with Gasteiger partial charge in [-0.05, 0) is 38.0 Å². The third kappa shape index (κ3) is 4.43. The summed E-state index contributed by atoms with van der Waals surface area (Å²) in [7, 11) is 0. The SMILES string of the molecule is CCCNC(=O)C1CCCN(C(=O)C(N)C2CCOCC2)C1. The van der Waals surface area contributed by atoms with Gasteiger partial charge in [0.2, 0.25) is 11.8 Å². The zero-order valence-corrected chi connectivity index (χ0v) is 13.6. The normalized spacial score (nSPS) is 24.8. The van der Waals surface area contributed by atoms with Crippen LogP contribution in [-0.2, 0) is 14.3 Å². The van der Waals surface area contributed by atoms with E-state index in [4.69, 9.17) is 10.5 Å². The molecule has 2 unspecified atom stereocenters. The van der Waals surface area contributed by atoms with Crippen LogP contribution in [0.15, 0.2) is 0 Å². The van der Waals surface area contributed by atoms with Crippen molar-refractivity contribution in [2.24, 2.45) is 17.6 Å². The Labute approximate surface area is 132 Å². The number of likely N-dealkylation sites (tertiary alicyclic amines) is 1. The fourth-order valence-electron chi connectivity index (χ4n) is 3.27. The van der Waals surface area contributed by atoms with Gasteiger partial charge < -0.3 is 20.7 Å². The predicted octanol–water partition coefficient (Wildman–Crippen LogP) is 0.505. The molecular formula is C16H29N3O3. The molecule has 0 spiro atoms. The highest BCUT2D eigenvalue weighted by Gasteiger charge is 2.34. The molecule has 0 aromatic heterocycles. The topological polar surface area (TPSA) is 84.7 Å². The van der Waals surface area contributed by atoms with E-state index in [0.717, 1.165) is 32.1 Å². The third-order valence-electron chi connectivity index (χ3n) is 4.71. The van der Waals surface area contributed by atoms with Crippen molar-refractivity contribution in [3.8, 4) is 0 Å². The lowest BCUT2D eigenvalue weighted by atomic mass is 9.90. The van der Waals surface area contributed by atoms with Crippen molar-refractivity contribution in [1.29, 1.82) is 0 Å². The van der Waals surface area contributed by atoms with Gasteiger partial charge in [-0.2, -0.15) is 0 Å². The highest BCUT2D eigenvalue weighted by Crippen LogP contribution is 2.22. The number of amides is 2. The van der Waals surface area contributed by atoms with Gasteiger partial charge in [0.15, 0.2) is 0 Å². The Balaban J connectivity index is 1.87. The number of hydrogen-bond acceptors (Lipinski definition) is 4. The smallest absolute Gasteiger partial charge is 0.239 e. The molecule has 2 atom stereocenters. The average molecular weight is 311 g/mol. The quantitative estimate of drug-likeness (QED) is 0.774. The van der Waals surface area contributed by atoms with Crippen LogP contribution in [0.3, 0.4) is 0 Å². The molecule has 0 radical (unpaired) electrons. The zero-order chi connectivity index (χ0) is 15.9. The molecule has 126 valence electrons. The first kappa shape index (κ1) is 17.2. The Morgan fingerprint density at radius 2 is 2.05 bits per heavy atom. The second-order valence-corrected chi connectivity index (χ2v) is 6.39. The van der Waals surface area contributed by atoms with E-state index < -0.39 is 6.04 Å². The van der Waals surface area contributed by atoms with E-state index in [2.05, 4.69) is 5.32 Å². The standard InChI is InChI=1S/C16H29N3O3/c1-2-7-18-15(20)13-4-3-8-19(11-13)16(21)14(17)12-5-9-22-10-6-12/h12-14H,2-11,17H2,1H3,(H,18,20). The molecule has 0 aromatic rings. The van der Waals surface area contributed by atoms with E-state index in [1.807, 2.05) is 6.92 Å². The maximum absolute atomic E-state index is 12.6. The van der Waals surface area contributed by atoms with Crippen molar-refractivity contribution in [3.05, 3.63) is 0 Å². The van der Waals surface area contributed by atoms with E-state index in [1.165, 1.54) is 0 Å². The molecule has 6 nitrogen and oxygen atoms in total. The van der Waals surface area contributed by atoms with Crippen LogP contribution in [0.2, 0.25) is 0 Å². The molecule has 0 saturated carbocycles. The van der Waals surface area contributed by atoms with E-state index in [9.17, 15) is 9.59 Å². The number of hydrogen-bond donors (Lipinski definition) is 2.